The smallest absolute Gasteiger partial charge is 0.410 e. The summed E-state index contributed by atoms with van der Waals surface area (Å²) >= 11 is 5.93. The summed E-state index contributed by atoms with van der Waals surface area (Å²) in [4.78, 5) is 26.3. The molecule has 1 aromatic rings. The van der Waals surface area contributed by atoms with E-state index in [9.17, 15) is 9.59 Å². The number of hydrogen-bond acceptors (Lipinski definition) is 3. The Labute approximate surface area is 136 Å². The lowest BCUT2D eigenvalue weighted by molar-refractivity contribution is 0.0289. The third-order valence-corrected chi connectivity index (χ3v) is 3.90. The number of aryl methyl sites for hydroxylation is 1. The minimum atomic E-state index is -0.522. The molecule has 1 amide bonds. The Morgan fingerprint density at radius 1 is 1.32 bits per heavy atom. The zero-order valence-electron chi connectivity index (χ0n) is 13.5. The van der Waals surface area contributed by atoms with E-state index < -0.39 is 5.60 Å². The van der Waals surface area contributed by atoms with Crippen LogP contribution in [-0.4, -0.2) is 35.5 Å². The highest BCUT2D eigenvalue weighted by Crippen LogP contribution is 2.25. The van der Waals surface area contributed by atoms with Crippen LogP contribution >= 0.6 is 11.6 Å². The lowest BCUT2D eigenvalue weighted by Gasteiger charge is -2.24. The van der Waals surface area contributed by atoms with Crippen molar-refractivity contribution in [2.75, 3.05) is 13.1 Å². The first-order valence-corrected chi connectivity index (χ1v) is 7.83. The third-order valence-electron chi connectivity index (χ3n) is 3.66. The van der Waals surface area contributed by atoms with Crippen LogP contribution in [0.25, 0.3) is 0 Å². The Balaban J connectivity index is 2.03. The molecule has 0 bridgehead atoms. The zero-order chi connectivity index (χ0) is 16.5. The second-order valence-corrected chi connectivity index (χ2v) is 7.17. The number of hydrogen-bond donors (Lipinski definition) is 0. The van der Waals surface area contributed by atoms with Crippen molar-refractivity contribution in [3.05, 3.63) is 34.3 Å². The summed E-state index contributed by atoms with van der Waals surface area (Å²) in [7, 11) is 0. The number of nitrogens with zero attached hydrogens (tertiary/aromatic N) is 1. The third kappa shape index (κ3) is 4.01. The van der Waals surface area contributed by atoms with Crippen LogP contribution < -0.4 is 0 Å². The Bertz CT molecular complexity index is 592. The van der Waals surface area contributed by atoms with Gasteiger partial charge in [0.1, 0.15) is 5.60 Å². The Morgan fingerprint density at radius 3 is 2.59 bits per heavy atom. The molecule has 0 radical (unpaired) electrons. The van der Waals surface area contributed by atoms with Crippen LogP contribution in [0.15, 0.2) is 18.2 Å². The highest BCUT2D eigenvalue weighted by Gasteiger charge is 2.34. The van der Waals surface area contributed by atoms with Crippen LogP contribution in [0.3, 0.4) is 0 Å². The van der Waals surface area contributed by atoms with Crippen LogP contribution in [0.2, 0.25) is 5.02 Å². The van der Waals surface area contributed by atoms with Gasteiger partial charge < -0.3 is 9.64 Å². The number of ketones is 1. The highest BCUT2D eigenvalue weighted by molar-refractivity contribution is 6.30. The molecule has 0 aromatic heterocycles. The van der Waals surface area contributed by atoms with Gasteiger partial charge in [-0.25, -0.2) is 4.79 Å². The summed E-state index contributed by atoms with van der Waals surface area (Å²) in [5.41, 5.74) is 1.03. The van der Waals surface area contributed by atoms with E-state index in [1.807, 2.05) is 27.7 Å². The quantitative estimate of drug-likeness (QED) is 0.770. The van der Waals surface area contributed by atoms with Gasteiger partial charge in [0.25, 0.3) is 0 Å². The molecule has 22 heavy (non-hydrogen) atoms. The van der Waals surface area contributed by atoms with Gasteiger partial charge in [0.05, 0.1) is 0 Å². The summed E-state index contributed by atoms with van der Waals surface area (Å²) in [6, 6.07) is 5.27. The number of carbonyl (C=O) groups is 2. The minimum absolute atomic E-state index is 0.0697. The molecular weight excluding hydrogens is 302 g/mol. The molecule has 1 fully saturated rings. The van der Waals surface area contributed by atoms with Crippen molar-refractivity contribution >= 4 is 23.5 Å². The predicted molar refractivity (Wildman–Crippen MR) is 86.4 cm³/mol. The van der Waals surface area contributed by atoms with Gasteiger partial charge in [0, 0.05) is 29.6 Å². The van der Waals surface area contributed by atoms with E-state index in [0.717, 1.165) is 5.56 Å². The van der Waals surface area contributed by atoms with Gasteiger partial charge in [0.2, 0.25) is 0 Å². The van der Waals surface area contributed by atoms with Gasteiger partial charge in [-0.1, -0.05) is 11.6 Å². The van der Waals surface area contributed by atoms with E-state index in [2.05, 4.69) is 0 Å². The molecule has 1 aromatic carbocycles. The molecule has 1 atom stereocenters. The molecule has 0 spiro atoms. The van der Waals surface area contributed by atoms with E-state index in [1.165, 1.54) is 0 Å². The van der Waals surface area contributed by atoms with Gasteiger partial charge in [0.15, 0.2) is 5.78 Å². The van der Waals surface area contributed by atoms with E-state index in [1.54, 1.807) is 23.1 Å². The molecule has 1 saturated heterocycles. The summed E-state index contributed by atoms with van der Waals surface area (Å²) in [6.45, 7) is 8.34. The molecule has 2 rings (SSSR count). The Morgan fingerprint density at radius 2 is 2.00 bits per heavy atom. The number of carbonyl (C=O) groups excluding carboxylic acids is 2. The van der Waals surface area contributed by atoms with Crippen molar-refractivity contribution in [2.24, 2.45) is 5.92 Å². The van der Waals surface area contributed by atoms with Gasteiger partial charge in [-0.05, 0) is 57.9 Å². The first kappa shape index (κ1) is 16.8. The normalized spacial score (nSPS) is 18.4. The molecule has 4 nitrogen and oxygen atoms in total. The molecule has 0 N–H and O–H groups in total. The number of ether oxygens (including phenoxy) is 1. The number of benzene rings is 1. The lowest BCUT2D eigenvalue weighted by atomic mass is 9.94. The first-order valence-electron chi connectivity index (χ1n) is 7.45. The lowest BCUT2D eigenvalue weighted by Crippen LogP contribution is -2.35. The van der Waals surface area contributed by atoms with Crippen LogP contribution in [0.1, 0.15) is 43.1 Å². The summed E-state index contributed by atoms with van der Waals surface area (Å²) in [6.07, 6.45) is 0.316. The fourth-order valence-electron chi connectivity index (χ4n) is 2.59. The largest absolute Gasteiger partial charge is 0.444 e. The summed E-state index contributed by atoms with van der Waals surface area (Å²) in [5, 5.41) is 0.621. The molecule has 5 heteroatoms. The average molecular weight is 324 g/mol. The van der Waals surface area contributed by atoms with Crippen molar-refractivity contribution in [3.63, 3.8) is 0 Å². The molecule has 0 aliphatic carbocycles. The van der Waals surface area contributed by atoms with Crippen molar-refractivity contribution in [1.82, 2.24) is 4.90 Å². The summed E-state index contributed by atoms with van der Waals surface area (Å²) in [5.74, 6) is -0.104. The van der Waals surface area contributed by atoms with E-state index in [-0.39, 0.29) is 17.8 Å². The number of amides is 1. The Hall–Kier alpha value is -1.55. The predicted octanol–water partition coefficient (Wildman–Crippen LogP) is 4.09. The van der Waals surface area contributed by atoms with Gasteiger partial charge >= 0.3 is 6.09 Å². The number of rotatable bonds is 2. The second kappa shape index (κ2) is 6.29. The Kier molecular flexibility index (Phi) is 4.81. The van der Waals surface area contributed by atoms with Gasteiger partial charge in [-0.3, -0.25) is 4.79 Å². The highest BCUT2D eigenvalue weighted by atomic mass is 35.5. The molecule has 1 aliphatic heterocycles. The fraction of sp³-hybridized carbons (Fsp3) is 0.529. The minimum Gasteiger partial charge on any atom is -0.444 e. The molecular formula is C17H22ClNO3. The topological polar surface area (TPSA) is 46.6 Å². The summed E-state index contributed by atoms with van der Waals surface area (Å²) < 4.78 is 5.35. The van der Waals surface area contributed by atoms with Crippen molar-refractivity contribution < 1.29 is 14.3 Å². The first-order chi connectivity index (χ1) is 10.2. The van der Waals surface area contributed by atoms with Crippen LogP contribution in [0.4, 0.5) is 4.79 Å². The second-order valence-electron chi connectivity index (χ2n) is 6.74. The van der Waals surface area contributed by atoms with E-state index in [0.29, 0.717) is 30.1 Å². The monoisotopic (exact) mass is 323 g/mol. The zero-order valence-corrected chi connectivity index (χ0v) is 14.2. The van der Waals surface area contributed by atoms with Crippen LogP contribution in [0, 0.1) is 12.8 Å². The number of likely N-dealkylation sites (tertiary alicyclic amines) is 1. The van der Waals surface area contributed by atoms with Crippen molar-refractivity contribution in [1.29, 1.82) is 0 Å². The van der Waals surface area contributed by atoms with Gasteiger partial charge in [-0.2, -0.15) is 0 Å². The molecule has 1 aliphatic rings. The molecule has 1 unspecified atom stereocenters. The SMILES string of the molecule is Cc1cc(Cl)ccc1C(=O)C1CCN(C(=O)OC(C)(C)C)C1. The van der Waals surface area contributed by atoms with Crippen LogP contribution in [-0.2, 0) is 4.74 Å². The molecule has 1 heterocycles. The fourth-order valence-corrected chi connectivity index (χ4v) is 2.82. The van der Waals surface area contributed by atoms with E-state index in [4.69, 9.17) is 16.3 Å². The molecule has 0 saturated carbocycles. The molecule has 120 valence electrons. The maximum absolute atomic E-state index is 12.6. The van der Waals surface area contributed by atoms with Gasteiger partial charge in [-0.15, -0.1) is 0 Å². The number of Topliss-reactive ketones (excluding diaryl/α,β-unsaturated/α-hetero) is 1. The standard InChI is InChI=1S/C17H22ClNO3/c1-11-9-13(18)5-6-14(11)15(20)12-7-8-19(10-12)16(21)22-17(2,3)4/h5-6,9,12H,7-8,10H2,1-4H3. The van der Waals surface area contributed by atoms with Crippen LogP contribution in [0.5, 0.6) is 0 Å². The van der Waals surface area contributed by atoms with Crippen molar-refractivity contribution in [3.8, 4) is 0 Å². The maximum Gasteiger partial charge on any atom is 0.410 e. The number of halogens is 1. The van der Waals surface area contributed by atoms with E-state index >= 15 is 0 Å². The average Bonchev–Trinajstić information content (AvgIpc) is 2.85. The van der Waals surface area contributed by atoms with Crippen molar-refractivity contribution in [2.45, 2.75) is 39.7 Å². The maximum atomic E-state index is 12.6.